The summed E-state index contributed by atoms with van der Waals surface area (Å²) in [5.74, 6) is 4.43. The van der Waals surface area contributed by atoms with Crippen LogP contribution in [0.4, 0.5) is 0 Å². The molecule has 2 nitrogen and oxygen atoms in total. The van der Waals surface area contributed by atoms with E-state index in [1.165, 1.54) is 38.5 Å². The number of methoxy groups -OCH3 is 1. The van der Waals surface area contributed by atoms with Crippen molar-refractivity contribution in [3.05, 3.63) is 35.5 Å². The highest BCUT2D eigenvalue weighted by atomic mass is 16.7. The molecule has 1 unspecified atom stereocenters. The van der Waals surface area contributed by atoms with E-state index >= 15 is 0 Å². The predicted octanol–water partition coefficient (Wildman–Crippen LogP) is 7.96. The lowest BCUT2D eigenvalue weighted by Crippen LogP contribution is -2.46. The maximum Gasteiger partial charge on any atom is 0.146 e. The maximum atomic E-state index is 5.95. The van der Waals surface area contributed by atoms with E-state index < -0.39 is 0 Å². The van der Waals surface area contributed by atoms with Gasteiger partial charge in [0.2, 0.25) is 0 Å². The SMILES string of the molecule is COCOC1CC[C@@]2(C)C(=CC=C3[C@@H]4CC[C@H]([C@H](C)/C=C/[C@H](C)C(C)C)[C@@]4(C)CC[C@@H]32)C1. The van der Waals surface area contributed by atoms with E-state index in [2.05, 4.69) is 65.8 Å². The van der Waals surface area contributed by atoms with Gasteiger partial charge in [-0.3, -0.25) is 0 Å². The highest BCUT2D eigenvalue weighted by molar-refractivity contribution is 5.39. The van der Waals surface area contributed by atoms with Gasteiger partial charge < -0.3 is 9.47 Å². The van der Waals surface area contributed by atoms with Crippen LogP contribution < -0.4 is 0 Å². The Morgan fingerprint density at radius 1 is 0.969 bits per heavy atom. The quantitative estimate of drug-likeness (QED) is 0.295. The zero-order chi connectivity index (χ0) is 23.1. The fourth-order valence-electron chi connectivity index (χ4n) is 7.89. The van der Waals surface area contributed by atoms with Crippen molar-refractivity contribution in [3.8, 4) is 0 Å². The third-order valence-corrected chi connectivity index (χ3v) is 10.4. The second-order valence-electron chi connectivity index (χ2n) is 12.4. The van der Waals surface area contributed by atoms with E-state index in [0.29, 0.717) is 35.6 Å². The van der Waals surface area contributed by atoms with Crippen molar-refractivity contribution in [2.75, 3.05) is 13.9 Å². The van der Waals surface area contributed by atoms with Gasteiger partial charge in [-0.05, 0) is 91.3 Å². The average molecular weight is 441 g/mol. The van der Waals surface area contributed by atoms with Crippen molar-refractivity contribution < 1.29 is 9.47 Å². The van der Waals surface area contributed by atoms with Gasteiger partial charge >= 0.3 is 0 Å². The largest absolute Gasteiger partial charge is 0.359 e. The summed E-state index contributed by atoms with van der Waals surface area (Å²) in [5, 5.41) is 0. The molecule has 180 valence electrons. The summed E-state index contributed by atoms with van der Waals surface area (Å²) < 4.78 is 11.1. The van der Waals surface area contributed by atoms with Gasteiger partial charge in [-0.1, -0.05) is 77.0 Å². The van der Waals surface area contributed by atoms with Crippen LogP contribution in [0.5, 0.6) is 0 Å². The van der Waals surface area contributed by atoms with Crippen LogP contribution in [0.3, 0.4) is 0 Å². The van der Waals surface area contributed by atoms with Crippen LogP contribution in [0, 0.1) is 46.3 Å². The van der Waals surface area contributed by atoms with Crippen LogP contribution >= 0.6 is 0 Å². The number of hydrogen-bond donors (Lipinski definition) is 0. The highest BCUT2D eigenvalue weighted by Crippen LogP contribution is 2.66. The van der Waals surface area contributed by atoms with Gasteiger partial charge in [0.15, 0.2) is 0 Å². The Labute approximate surface area is 197 Å². The Hall–Kier alpha value is -0.860. The Balaban J connectivity index is 1.52. The van der Waals surface area contributed by atoms with Gasteiger partial charge in [-0.2, -0.15) is 0 Å². The van der Waals surface area contributed by atoms with E-state index in [1.54, 1.807) is 18.3 Å². The standard InChI is InChI=1S/C30H48O2/c1-20(2)21(3)8-9-22(4)26-12-13-27-25-11-10-23-18-24(32-19-31-7)14-16-29(23,5)28(25)15-17-30(26,27)6/h8-11,20-22,24,26-28H,12-19H2,1-7H3/b9-8+/t21-,22+,24?,26+,27-,28-,29-,30+/m0/s1. The summed E-state index contributed by atoms with van der Waals surface area (Å²) in [6, 6.07) is 0. The molecule has 0 aromatic rings. The molecule has 32 heavy (non-hydrogen) atoms. The number of rotatable bonds is 7. The molecule has 0 radical (unpaired) electrons. The van der Waals surface area contributed by atoms with Crippen molar-refractivity contribution in [1.29, 1.82) is 0 Å². The van der Waals surface area contributed by atoms with Crippen molar-refractivity contribution in [2.45, 2.75) is 92.6 Å². The Morgan fingerprint density at radius 3 is 2.47 bits per heavy atom. The lowest BCUT2D eigenvalue weighted by Gasteiger charge is -2.55. The van der Waals surface area contributed by atoms with E-state index in [9.17, 15) is 0 Å². The molecule has 4 aliphatic rings. The molecule has 0 spiro atoms. The van der Waals surface area contributed by atoms with Crippen molar-refractivity contribution in [1.82, 2.24) is 0 Å². The Kier molecular flexibility index (Phi) is 7.14. The second kappa shape index (κ2) is 9.41. The molecule has 8 atom stereocenters. The Morgan fingerprint density at radius 2 is 1.75 bits per heavy atom. The molecule has 3 fully saturated rings. The number of ether oxygens (including phenoxy) is 2. The lowest BCUT2D eigenvalue weighted by atomic mass is 9.50. The normalized spacial score (nSPS) is 41.0. The van der Waals surface area contributed by atoms with Gasteiger partial charge in [-0.25, -0.2) is 0 Å². The van der Waals surface area contributed by atoms with Gasteiger partial charge in [0.1, 0.15) is 6.79 Å². The first-order chi connectivity index (χ1) is 15.2. The molecule has 0 aliphatic heterocycles. The molecule has 4 rings (SSSR count). The first-order valence-corrected chi connectivity index (χ1v) is 13.4. The topological polar surface area (TPSA) is 18.5 Å². The monoisotopic (exact) mass is 440 g/mol. The predicted molar refractivity (Wildman–Crippen MR) is 134 cm³/mol. The second-order valence-corrected chi connectivity index (χ2v) is 12.4. The first kappa shape index (κ1) is 24.3. The van der Waals surface area contributed by atoms with Crippen molar-refractivity contribution >= 4 is 0 Å². The molecule has 4 aliphatic carbocycles. The summed E-state index contributed by atoms with van der Waals surface area (Å²) in [4.78, 5) is 0. The minimum absolute atomic E-state index is 0.329. The Bertz CT molecular complexity index is 761. The molecule has 0 aromatic carbocycles. The lowest BCUT2D eigenvalue weighted by molar-refractivity contribution is -0.0864. The third-order valence-electron chi connectivity index (χ3n) is 10.4. The van der Waals surface area contributed by atoms with Crippen molar-refractivity contribution in [2.24, 2.45) is 46.3 Å². The van der Waals surface area contributed by atoms with Crippen LogP contribution in [0.2, 0.25) is 0 Å². The average Bonchev–Trinajstić information content (AvgIpc) is 3.12. The molecule has 2 heteroatoms. The summed E-state index contributed by atoms with van der Waals surface area (Å²) in [7, 11) is 1.72. The fourth-order valence-corrected chi connectivity index (χ4v) is 7.89. The van der Waals surface area contributed by atoms with E-state index in [-0.39, 0.29) is 0 Å². The van der Waals surface area contributed by atoms with E-state index in [0.717, 1.165) is 30.1 Å². The minimum atomic E-state index is 0.329. The van der Waals surface area contributed by atoms with Crippen molar-refractivity contribution in [3.63, 3.8) is 0 Å². The minimum Gasteiger partial charge on any atom is -0.359 e. The van der Waals surface area contributed by atoms with Crippen LogP contribution in [0.1, 0.15) is 86.5 Å². The van der Waals surface area contributed by atoms with Gasteiger partial charge in [0.25, 0.3) is 0 Å². The highest BCUT2D eigenvalue weighted by Gasteiger charge is 2.56. The first-order valence-electron chi connectivity index (χ1n) is 13.4. The van der Waals surface area contributed by atoms with Gasteiger partial charge in [-0.15, -0.1) is 0 Å². The zero-order valence-corrected chi connectivity index (χ0v) is 21.8. The summed E-state index contributed by atoms with van der Waals surface area (Å²) >= 11 is 0. The van der Waals surface area contributed by atoms with E-state index in [4.69, 9.17) is 9.47 Å². The molecule has 0 bridgehead atoms. The third kappa shape index (κ3) is 4.20. The maximum absolute atomic E-state index is 5.95. The van der Waals surface area contributed by atoms with E-state index in [1.807, 2.05) is 0 Å². The zero-order valence-electron chi connectivity index (χ0n) is 21.8. The molecular formula is C30H48O2. The van der Waals surface area contributed by atoms with Crippen LogP contribution in [-0.4, -0.2) is 20.0 Å². The summed E-state index contributed by atoms with van der Waals surface area (Å²) in [6.45, 7) is 15.2. The van der Waals surface area contributed by atoms with Crippen LogP contribution in [0.25, 0.3) is 0 Å². The molecule has 0 heterocycles. The molecule has 3 saturated carbocycles. The summed E-state index contributed by atoms with van der Waals surface area (Å²) in [5.41, 5.74) is 4.24. The molecule has 0 aromatic heterocycles. The van der Waals surface area contributed by atoms with Crippen LogP contribution in [-0.2, 0) is 9.47 Å². The molecule has 0 saturated heterocycles. The molecular weight excluding hydrogens is 392 g/mol. The summed E-state index contributed by atoms with van der Waals surface area (Å²) in [6.07, 6.45) is 19.5. The van der Waals surface area contributed by atoms with Gasteiger partial charge in [0, 0.05) is 7.11 Å². The smallest absolute Gasteiger partial charge is 0.146 e. The number of fused-ring (bicyclic) bond motifs is 5. The number of hydrogen-bond acceptors (Lipinski definition) is 2. The fraction of sp³-hybridized carbons (Fsp3) is 0.800. The number of allylic oxidation sites excluding steroid dienone is 5. The van der Waals surface area contributed by atoms with Gasteiger partial charge in [0.05, 0.1) is 6.10 Å². The van der Waals surface area contributed by atoms with Crippen LogP contribution in [0.15, 0.2) is 35.5 Å². The molecule has 0 N–H and O–H groups in total. The molecule has 0 amide bonds.